The first-order valence-electron chi connectivity index (χ1n) is 11.5. The van der Waals surface area contributed by atoms with Crippen LogP contribution in [0.5, 0.6) is 0 Å². The monoisotopic (exact) mass is 442 g/mol. The number of ketones is 1. The topological polar surface area (TPSA) is 92.8 Å². The minimum atomic E-state index is -0.964. The molecule has 3 amide bonds. The number of hydrogen-bond acceptors (Lipinski definition) is 5. The van der Waals surface area contributed by atoms with E-state index in [9.17, 15) is 19.2 Å². The Hall–Kier alpha value is -2.70. The number of carbonyl (C=O) groups excluding carboxylic acids is 4. The highest BCUT2D eigenvalue weighted by molar-refractivity contribution is 6.09. The number of nitrogens with zero attached hydrogens (tertiary/aromatic N) is 1. The fourth-order valence-electron chi connectivity index (χ4n) is 5.29. The van der Waals surface area contributed by atoms with Crippen LogP contribution in [0.15, 0.2) is 24.3 Å². The van der Waals surface area contributed by atoms with Gasteiger partial charge >= 0.3 is 12.0 Å². The van der Waals surface area contributed by atoms with E-state index in [2.05, 4.69) is 33.0 Å². The molecular weight excluding hydrogens is 408 g/mol. The summed E-state index contributed by atoms with van der Waals surface area (Å²) in [7, 11) is 0. The lowest BCUT2D eigenvalue weighted by Crippen LogP contribution is -2.54. The second-order valence-electron chi connectivity index (χ2n) is 10.1. The van der Waals surface area contributed by atoms with Crippen molar-refractivity contribution in [2.24, 2.45) is 11.3 Å². The first-order valence-corrected chi connectivity index (χ1v) is 11.5. The Morgan fingerprint density at radius 3 is 2.47 bits per heavy atom. The molecule has 2 fully saturated rings. The minimum Gasteiger partial charge on any atom is -0.456 e. The molecule has 1 N–H and O–H groups in total. The summed E-state index contributed by atoms with van der Waals surface area (Å²) in [5.74, 6) is -1.20. The number of carbonyl (C=O) groups is 4. The standard InChI is InChI=1S/C25H34N2O5/c1-5-6-7-18-8-10-19(11-9-18)20(28)15-32-21(29)14-27-22(30)25(26-23(27)31)13-17(2)12-24(3,4)16-25/h8-11,17H,5-7,12-16H2,1-4H3,(H,26,31). The number of esters is 1. The number of imide groups is 1. The van der Waals surface area contributed by atoms with Crippen LogP contribution >= 0.6 is 0 Å². The maximum absolute atomic E-state index is 13.1. The van der Waals surface area contributed by atoms with Crippen LogP contribution in [0.25, 0.3) is 0 Å². The van der Waals surface area contributed by atoms with Gasteiger partial charge in [-0.2, -0.15) is 0 Å². The molecule has 7 heteroatoms. The summed E-state index contributed by atoms with van der Waals surface area (Å²) in [5, 5.41) is 2.83. The molecule has 174 valence electrons. The number of urea groups is 1. The van der Waals surface area contributed by atoms with E-state index >= 15 is 0 Å². The smallest absolute Gasteiger partial charge is 0.326 e. The number of hydrogen-bond donors (Lipinski definition) is 1. The van der Waals surface area contributed by atoms with Crippen LogP contribution < -0.4 is 5.32 Å². The Balaban J connectivity index is 1.55. The third kappa shape index (κ3) is 5.37. The van der Waals surface area contributed by atoms with E-state index in [1.807, 2.05) is 12.1 Å². The molecule has 3 rings (SSSR count). The Labute approximate surface area is 189 Å². The van der Waals surface area contributed by atoms with Crippen molar-refractivity contribution in [2.45, 2.75) is 71.8 Å². The highest BCUT2D eigenvalue weighted by Gasteiger charge is 2.56. The molecule has 1 saturated carbocycles. The predicted molar refractivity (Wildman–Crippen MR) is 120 cm³/mol. The summed E-state index contributed by atoms with van der Waals surface area (Å²) in [6.45, 7) is 7.45. The molecule has 2 unspecified atom stereocenters. The Bertz CT molecular complexity index is 892. The minimum absolute atomic E-state index is 0.0877. The summed E-state index contributed by atoms with van der Waals surface area (Å²) in [4.78, 5) is 51.2. The number of unbranched alkanes of at least 4 members (excludes halogenated alkanes) is 1. The average Bonchev–Trinajstić information content (AvgIpc) is 2.92. The molecule has 0 radical (unpaired) electrons. The van der Waals surface area contributed by atoms with Crippen LogP contribution in [-0.2, 0) is 20.7 Å². The van der Waals surface area contributed by atoms with Gasteiger partial charge in [0.2, 0.25) is 0 Å². The van der Waals surface area contributed by atoms with Gasteiger partial charge in [-0.05, 0) is 49.0 Å². The summed E-state index contributed by atoms with van der Waals surface area (Å²) in [6.07, 6.45) is 5.22. The molecule has 2 atom stereocenters. The lowest BCUT2D eigenvalue weighted by atomic mass is 9.64. The number of nitrogens with one attached hydrogen (secondary N) is 1. The second kappa shape index (κ2) is 9.43. The van der Waals surface area contributed by atoms with E-state index < -0.39 is 30.7 Å². The molecule has 1 aromatic carbocycles. The van der Waals surface area contributed by atoms with E-state index in [1.54, 1.807) is 12.1 Å². The normalized spacial score (nSPS) is 24.5. The Kier molecular flexibility index (Phi) is 7.06. The third-order valence-corrected chi connectivity index (χ3v) is 6.37. The molecule has 1 saturated heterocycles. The van der Waals surface area contributed by atoms with Crippen molar-refractivity contribution in [2.75, 3.05) is 13.2 Å². The molecule has 0 bridgehead atoms. The van der Waals surface area contributed by atoms with E-state index in [0.29, 0.717) is 18.4 Å². The van der Waals surface area contributed by atoms with Crippen molar-refractivity contribution in [3.05, 3.63) is 35.4 Å². The number of ether oxygens (including phenoxy) is 1. The summed E-state index contributed by atoms with van der Waals surface area (Å²) < 4.78 is 5.09. The molecular formula is C25H34N2O5. The number of amides is 3. The average molecular weight is 443 g/mol. The molecule has 1 aliphatic heterocycles. The molecule has 1 spiro atoms. The quantitative estimate of drug-likeness (QED) is 0.375. The zero-order chi connectivity index (χ0) is 23.5. The van der Waals surface area contributed by atoms with Crippen LogP contribution in [0.2, 0.25) is 0 Å². The van der Waals surface area contributed by atoms with E-state index in [-0.39, 0.29) is 23.0 Å². The molecule has 2 aliphatic rings. The third-order valence-electron chi connectivity index (χ3n) is 6.37. The maximum Gasteiger partial charge on any atom is 0.326 e. The van der Waals surface area contributed by atoms with Crippen molar-refractivity contribution >= 4 is 23.7 Å². The predicted octanol–water partition coefficient (Wildman–Crippen LogP) is 3.89. The second-order valence-corrected chi connectivity index (χ2v) is 10.1. The van der Waals surface area contributed by atoms with Gasteiger partial charge in [0.05, 0.1) is 0 Å². The van der Waals surface area contributed by atoms with E-state index in [4.69, 9.17) is 4.74 Å². The fraction of sp³-hybridized carbons (Fsp3) is 0.600. The molecule has 7 nitrogen and oxygen atoms in total. The van der Waals surface area contributed by atoms with E-state index in [0.717, 1.165) is 36.1 Å². The van der Waals surface area contributed by atoms with Gasteiger partial charge in [-0.3, -0.25) is 19.3 Å². The van der Waals surface area contributed by atoms with Crippen LogP contribution in [0.1, 0.15) is 75.7 Å². The largest absolute Gasteiger partial charge is 0.456 e. The zero-order valence-corrected chi connectivity index (χ0v) is 19.5. The van der Waals surface area contributed by atoms with Crippen LogP contribution in [0.4, 0.5) is 4.79 Å². The lowest BCUT2D eigenvalue weighted by molar-refractivity contribution is -0.147. The summed E-state index contributed by atoms with van der Waals surface area (Å²) in [5.41, 5.74) is 0.572. The molecule has 32 heavy (non-hydrogen) atoms. The van der Waals surface area contributed by atoms with Gasteiger partial charge in [-0.1, -0.05) is 58.4 Å². The van der Waals surface area contributed by atoms with Gasteiger partial charge in [0.1, 0.15) is 12.1 Å². The van der Waals surface area contributed by atoms with Gasteiger partial charge in [0.25, 0.3) is 5.91 Å². The highest BCUT2D eigenvalue weighted by Crippen LogP contribution is 2.46. The van der Waals surface area contributed by atoms with Crippen molar-refractivity contribution < 1.29 is 23.9 Å². The van der Waals surface area contributed by atoms with Gasteiger partial charge in [-0.15, -0.1) is 0 Å². The molecule has 1 heterocycles. The Morgan fingerprint density at radius 1 is 1.16 bits per heavy atom. The number of Topliss-reactive ketones (excluding diaryl/α,β-unsaturated/α-hetero) is 1. The fourth-order valence-corrected chi connectivity index (χ4v) is 5.29. The van der Waals surface area contributed by atoms with Gasteiger partial charge in [-0.25, -0.2) is 4.79 Å². The van der Waals surface area contributed by atoms with Crippen molar-refractivity contribution in [1.29, 1.82) is 0 Å². The molecule has 1 aliphatic carbocycles. The number of rotatable bonds is 8. The Morgan fingerprint density at radius 2 is 1.84 bits per heavy atom. The van der Waals surface area contributed by atoms with E-state index in [1.165, 1.54) is 0 Å². The van der Waals surface area contributed by atoms with Crippen molar-refractivity contribution in [1.82, 2.24) is 10.2 Å². The van der Waals surface area contributed by atoms with Crippen molar-refractivity contribution in [3.63, 3.8) is 0 Å². The summed E-state index contributed by atoms with van der Waals surface area (Å²) in [6, 6.07) is 6.70. The van der Waals surface area contributed by atoms with Crippen LogP contribution in [0.3, 0.4) is 0 Å². The van der Waals surface area contributed by atoms with Gasteiger partial charge in [0, 0.05) is 5.56 Å². The lowest BCUT2D eigenvalue weighted by Gasteiger charge is -2.43. The number of benzene rings is 1. The number of aryl methyl sites for hydroxylation is 1. The first-order chi connectivity index (χ1) is 15.0. The molecule has 1 aromatic rings. The summed E-state index contributed by atoms with van der Waals surface area (Å²) >= 11 is 0. The van der Waals surface area contributed by atoms with Crippen LogP contribution in [-0.4, -0.2) is 47.3 Å². The zero-order valence-electron chi connectivity index (χ0n) is 19.5. The van der Waals surface area contributed by atoms with Crippen LogP contribution in [0, 0.1) is 11.3 Å². The van der Waals surface area contributed by atoms with Gasteiger partial charge < -0.3 is 10.1 Å². The first kappa shape index (κ1) is 24.0. The van der Waals surface area contributed by atoms with Crippen molar-refractivity contribution in [3.8, 4) is 0 Å². The van der Waals surface area contributed by atoms with Gasteiger partial charge in [0.15, 0.2) is 12.4 Å². The molecule has 0 aromatic heterocycles. The maximum atomic E-state index is 13.1. The highest BCUT2D eigenvalue weighted by atomic mass is 16.5. The SMILES string of the molecule is CCCCc1ccc(C(=O)COC(=O)CN2C(=O)NC3(CC(C)CC(C)(C)C3)C2=O)cc1.